The predicted octanol–water partition coefficient (Wildman–Crippen LogP) is 1.93. The molecule has 0 fully saturated rings. The van der Waals surface area contributed by atoms with Crippen LogP contribution in [0.5, 0.6) is 0 Å². The molecule has 0 radical (unpaired) electrons. The van der Waals surface area contributed by atoms with Crippen molar-refractivity contribution >= 4 is 11.6 Å². The monoisotopic (exact) mass is 308 g/mol. The number of carbonyl (C=O) groups is 1. The molecule has 0 aliphatic carbocycles. The van der Waals surface area contributed by atoms with Crippen molar-refractivity contribution in [2.75, 3.05) is 0 Å². The summed E-state index contributed by atoms with van der Waals surface area (Å²) in [5, 5.41) is 8.91. The molecule has 0 amide bonds. The van der Waals surface area contributed by atoms with E-state index in [0.29, 0.717) is 11.1 Å². The third-order valence-corrected chi connectivity index (χ3v) is 3.12. The van der Waals surface area contributed by atoms with Gasteiger partial charge in [0.05, 0.1) is 0 Å². The van der Waals surface area contributed by atoms with Crippen molar-refractivity contribution in [3.05, 3.63) is 81.7 Å². The van der Waals surface area contributed by atoms with E-state index >= 15 is 0 Å². The molecule has 1 aromatic carbocycles. The number of pyridine rings is 1. The van der Waals surface area contributed by atoms with Crippen LogP contribution in [0.25, 0.3) is 5.65 Å². The number of benzene rings is 1. The molecule has 112 valence electrons. The van der Waals surface area contributed by atoms with Crippen LogP contribution in [0.1, 0.15) is 21.5 Å². The molecule has 1 N–H and O–H groups in total. The van der Waals surface area contributed by atoms with Crippen LogP contribution in [0.15, 0.2) is 53.6 Å². The van der Waals surface area contributed by atoms with E-state index in [1.54, 1.807) is 24.3 Å². The van der Waals surface area contributed by atoms with Crippen molar-refractivity contribution in [1.29, 1.82) is 0 Å². The van der Waals surface area contributed by atoms with Gasteiger partial charge < -0.3 is 5.11 Å². The lowest BCUT2D eigenvalue weighted by molar-refractivity contribution is 0.0694. The van der Waals surface area contributed by atoms with E-state index < -0.39 is 17.1 Å². The average molecular weight is 308 g/mol. The van der Waals surface area contributed by atoms with Gasteiger partial charge in [-0.2, -0.15) is 0 Å². The predicted molar refractivity (Wildman–Crippen MR) is 80.8 cm³/mol. The highest BCUT2D eigenvalue weighted by Gasteiger charge is 2.11. The first kappa shape index (κ1) is 14.5. The number of carboxylic acids is 1. The number of hydrogen-bond donors (Lipinski definition) is 1. The van der Waals surface area contributed by atoms with Gasteiger partial charge in [-0.3, -0.25) is 9.20 Å². The van der Waals surface area contributed by atoms with Gasteiger partial charge in [-0.15, -0.1) is 0 Å². The molecule has 0 aliphatic rings. The van der Waals surface area contributed by atoms with Gasteiger partial charge in [0.2, 0.25) is 0 Å². The summed E-state index contributed by atoms with van der Waals surface area (Å²) in [5.41, 5.74) is 0.319. The van der Waals surface area contributed by atoms with Crippen molar-refractivity contribution in [2.24, 2.45) is 0 Å². The largest absolute Gasteiger partial charge is 0.477 e. The summed E-state index contributed by atoms with van der Waals surface area (Å²) < 4.78 is 14.2. The zero-order valence-corrected chi connectivity index (χ0v) is 11.7. The lowest BCUT2D eigenvalue weighted by Crippen LogP contribution is -2.22. The molecule has 2 aromatic heterocycles. The Kier molecular flexibility index (Phi) is 3.61. The van der Waals surface area contributed by atoms with Gasteiger partial charge in [0.15, 0.2) is 0 Å². The first-order valence-electron chi connectivity index (χ1n) is 6.57. The highest BCUT2D eigenvalue weighted by Crippen LogP contribution is 2.05. The molecule has 0 saturated heterocycles. The maximum Gasteiger partial charge on any atom is 0.342 e. The second-order valence-corrected chi connectivity index (χ2v) is 4.69. The number of fused-ring (bicyclic) bond motifs is 1. The van der Waals surface area contributed by atoms with Gasteiger partial charge in [0.25, 0.3) is 5.56 Å². The Balaban J connectivity index is 2.04. The molecule has 0 unspecified atom stereocenters. The lowest BCUT2D eigenvalue weighted by Gasteiger charge is -2.01. The van der Waals surface area contributed by atoms with Crippen LogP contribution in [0, 0.1) is 17.7 Å². The van der Waals surface area contributed by atoms with Crippen molar-refractivity contribution in [3.8, 4) is 11.8 Å². The molecular formula is C17H9FN2O3. The molecule has 23 heavy (non-hydrogen) atoms. The van der Waals surface area contributed by atoms with Crippen molar-refractivity contribution in [2.45, 2.75) is 0 Å². The Bertz CT molecular complexity index is 1040. The third-order valence-electron chi connectivity index (χ3n) is 3.12. The number of carboxylic acid groups (broad SMARTS) is 1. The fraction of sp³-hybridized carbons (Fsp3) is 0. The molecule has 0 atom stereocenters. The van der Waals surface area contributed by atoms with Crippen molar-refractivity contribution in [1.82, 2.24) is 9.38 Å². The van der Waals surface area contributed by atoms with Crippen molar-refractivity contribution < 1.29 is 14.3 Å². The Hall–Kier alpha value is -3.46. The molecule has 2 heterocycles. The highest BCUT2D eigenvalue weighted by molar-refractivity contribution is 5.87. The highest BCUT2D eigenvalue weighted by atomic mass is 19.1. The van der Waals surface area contributed by atoms with Crippen LogP contribution in [0.2, 0.25) is 0 Å². The van der Waals surface area contributed by atoms with Gasteiger partial charge >= 0.3 is 5.97 Å². The van der Waals surface area contributed by atoms with E-state index in [-0.39, 0.29) is 11.5 Å². The Morgan fingerprint density at radius 1 is 1.17 bits per heavy atom. The topological polar surface area (TPSA) is 71.7 Å². The number of nitrogens with zero attached hydrogens (tertiary/aromatic N) is 2. The SMILES string of the molecule is O=C(O)c1cnc2cc(C#Cc3cccc(F)c3)ccn2c1=O. The number of halogens is 1. The first-order valence-corrected chi connectivity index (χ1v) is 6.57. The Morgan fingerprint density at radius 3 is 2.61 bits per heavy atom. The summed E-state index contributed by atoms with van der Waals surface area (Å²) in [6, 6.07) is 9.01. The molecular weight excluding hydrogens is 299 g/mol. The van der Waals surface area contributed by atoms with Gasteiger partial charge in [-0.1, -0.05) is 17.9 Å². The van der Waals surface area contributed by atoms with E-state index in [0.717, 1.165) is 10.6 Å². The van der Waals surface area contributed by atoms with Crippen molar-refractivity contribution in [3.63, 3.8) is 0 Å². The molecule has 3 aromatic rings. The maximum atomic E-state index is 13.1. The number of rotatable bonds is 1. The summed E-state index contributed by atoms with van der Waals surface area (Å²) in [4.78, 5) is 26.8. The summed E-state index contributed by atoms with van der Waals surface area (Å²) in [5.74, 6) is 3.96. The summed E-state index contributed by atoms with van der Waals surface area (Å²) in [6.45, 7) is 0. The van der Waals surface area contributed by atoms with E-state index in [1.807, 2.05) is 0 Å². The van der Waals surface area contributed by atoms with E-state index in [2.05, 4.69) is 16.8 Å². The summed E-state index contributed by atoms with van der Waals surface area (Å²) in [7, 11) is 0. The van der Waals surface area contributed by atoms with Crippen LogP contribution < -0.4 is 5.56 Å². The molecule has 0 spiro atoms. The first-order chi connectivity index (χ1) is 11.0. The molecule has 0 aliphatic heterocycles. The zero-order valence-electron chi connectivity index (χ0n) is 11.7. The third kappa shape index (κ3) is 2.94. The molecule has 3 rings (SSSR count). The van der Waals surface area contributed by atoms with Gasteiger partial charge in [-0.25, -0.2) is 14.2 Å². The van der Waals surface area contributed by atoms with Gasteiger partial charge in [-0.05, 0) is 30.3 Å². The van der Waals surface area contributed by atoms with Gasteiger partial charge in [0, 0.05) is 23.5 Å². The quantitative estimate of drug-likeness (QED) is 0.697. The van der Waals surface area contributed by atoms with E-state index in [9.17, 15) is 14.0 Å². The smallest absolute Gasteiger partial charge is 0.342 e. The molecule has 5 nitrogen and oxygen atoms in total. The lowest BCUT2D eigenvalue weighted by atomic mass is 10.2. The standard InChI is InChI=1S/C17H9FN2O3/c18-13-3-1-2-11(8-13)4-5-12-6-7-20-15(9-12)19-10-14(16(20)21)17(22)23/h1-3,6-10H,(H,22,23). The van der Waals surface area contributed by atoms with Crippen LogP contribution >= 0.6 is 0 Å². The Labute approximate surface area is 129 Å². The number of aromatic carboxylic acids is 1. The fourth-order valence-electron chi connectivity index (χ4n) is 2.01. The van der Waals surface area contributed by atoms with Crippen LogP contribution in [-0.4, -0.2) is 20.5 Å². The summed E-state index contributed by atoms with van der Waals surface area (Å²) >= 11 is 0. The minimum atomic E-state index is -1.33. The van der Waals surface area contributed by atoms with E-state index in [4.69, 9.17) is 5.11 Å². The minimum absolute atomic E-state index is 0.283. The fourth-order valence-corrected chi connectivity index (χ4v) is 2.01. The van der Waals surface area contributed by atoms with Gasteiger partial charge in [0.1, 0.15) is 17.0 Å². The molecule has 0 bridgehead atoms. The average Bonchev–Trinajstić information content (AvgIpc) is 2.53. The Morgan fingerprint density at radius 2 is 1.91 bits per heavy atom. The molecule has 0 saturated carbocycles. The zero-order chi connectivity index (χ0) is 16.4. The maximum absolute atomic E-state index is 13.1. The van der Waals surface area contributed by atoms with E-state index in [1.165, 1.54) is 18.3 Å². The minimum Gasteiger partial charge on any atom is -0.477 e. The second kappa shape index (κ2) is 5.73. The number of aromatic nitrogens is 2. The molecule has 6 heteroatoms. The van der Waals surface area contributed by atoms with Crippen LogP contribution in [0.3, 0.4) is 0 Å². The van der Waals surface area contributed by atoms with Crippen LogP contribution in [-0.2, 0) is 0 Å². The van der Waals surface area contributed by atoms with Crippen LogP contribution in [0.4, 0.5) is 4.39 Å². The summed E-state index contributed by atoms with van der Waals surface area (Å²) in [6.07, 6.45) is 2.43. The second-order valence-electron chi connectivity index (χ2n) is 4.69. The number of hydrogen-bond acceptors (Lipinski definition) is 3. The normalized spacial score (nSPS) is 10.1.